The highest BCUT2D eigenvalue weighted by molar-refractivity contribution is 7.86. The van der Waals surface area contributed by atoms with Crippen molar-refractivity contribution in [3.8, 4) is 44.9 Å². The molecule has 536 valence electrons. The first-order chi connectivity index (χ1) is 48.4. The first-order valence-corrected chi connectivity index (χ1v) is 32.9. The molecule has 2 amide bonds. The number of nitrogens with one attached hydrogen (secondary N) is 3. The second-order valence-electron chi connectivity index (χ2n) is 24.5. The lowest BCUT2D eigenvalue weighted by Crippen LogP contribution is -2.40. The van der Waals surface area contributed by atoms with E-state index in [0.717, 1.165) is 65.4 Å². The number of carboxylic acids is 1. The van der Waals surface area contributed by atoms with E-state index in [0.29, 0.717) is 51.5 Å². The van der Waals surface area contributed by atoms with E-state index in [2.05, 4.69) is 25.6 Å². The van der Waals surface area contributed by atoms with Crippen LogP contribution in [0.25, 0.3) is 66.1 Å². The van der Waals surface area contributed by atoms with Gasteiger partial charge in [-0.2, -0.15) is 47.9 Å². The SMILES string of the molecule is COC[C@H](Cc1ccc(O)cc1)NC(=O)c1cc(S(=O)(=O)O)c2cc(-c3cccc(C(F)(F)F)c3)ccc2n1.COC[C@H](Cc1ccc(OC(C)(C)C)cc1)NC(=O)c1cc(Cl)c2cc(-c3cccc(C(F)(F)F)c3)ccc2n1.O=C(O)c1cc(=O)c2cc(-c3cccc(C(F)(F)F)c3)ccc2[nH]1. The molecule has 0 saturated heterocycles. The van der Waals surface area contributed by atoms with Gasteiger partial charge in [-0.05, 0) is 187 Å². The summed E-state index contributed by atoms with van der Waals surface area (Å²) in [5.41, 5.74) is 1.06. The third kappa shape index (κ3) is 20.3. The molecular weight excluding hydrogens is 1400 g/mol. The number of H-pyrrole nitrogens is 1. The number of aromatic carboxylic acids is 1. The average molecular weight is 1460 g/mol. The molecule has 0 fully saturated rings. The number of pyridine rings is 3. The number of hydrogen-bond donors (Lipinski definition) is 6. The minimum Gasteiger partial charge on any atom is -0.508 e. The quantitative estimate of drug-likeness (QED) is 0.0345. The van der Waals surface area contributed by atoms with Crippen molar-refractivity contribution in [3.63, 3.8) is 0 Å². The van der Waals surface area contributed by atoms with Crippen molar-refractivity contribution in [2.24, 2.45) is 0 Å². The predicted molar refractivity (Wildman–Crippen MR) is 370 cm³/mol. The lowest BCUT2D eigenvalue weighted by atomic mass is 10.0. The molecule has 11 rings (SSSR count). The number of benzene rings is 8. The smallest absolute Gasteiger partial charge is 0.416 e. The Labute approximate surface area is 587 Å². The number of carboxylic acid groups (broad SMARTS) is 1. The summed E-state index contributed by atoms with van der Waals surface area (Å²) in [5, 5.41) is 25.0. The zero-order valence-corrected chi connectivity index (χ0v) is 56.6. The van der Waals surface area contributed by atoms with E-state index in [1.54, 1.807) is 43.5 Å². The van der Waals surface area contributed by atoms with Gasteiger partial charge in [0.1, 0.15) is 39.1 Å². The largest absolute Gasteiger partial charge is 0.508 e. The van der Waals surface area contributed by atoms with E-state index in [1.807, 2.05) is 45.0 Å². The molecule has 0 bridgehead atoms. The summed E-state index contributed by atoms with van der Waals surface area (Å²) in [5.74, 6) is -1.57. The van der Waals surface area contributed by atoms with Crippen molar-refractivity contribution in [3.05, 3.63) is 254 Å². The second-order valence-corrected chi connectivity index (χ2v) is 26.3. The summed E-state index contributed by atoms with van der Waals surface area (Å²) in [6, 6.07) is 44.3. The number of alkyl halides is 9. The van der Waals surface area contributed by atoms with Gasteiger partial charge in [-0.25, -0.2) is 14.8 Å². The molecule has 0 spiro atoms. The molecule has 8 aromatic carbocycles. The highest BCUT2D eigenvalue weighted by atomic mass is 35.5. The van der Waals surface area contributed by atoms with Gasteiger partial charge in [-0.3, -0.25) is 18.9 Å². The van der Waals surface area contributed by atoms with Gasteiger partial charge in [0.25, 0.3) is 21.9 Å². The Morgan fingerprint density at radius 2 is 0.942 bits per heavy atom. The molecule has 28 heteroatoms. The Morgan fingerprint density at radius 1 is 0.534 bits per heavy atom. The van der Waals surface area contributed by atoms with Gasteiger partial charge in [0.2, 0.25) is 0 Å². The molecule has 3 heterocycles. The zero-order valence-electron chi connectivity index (χ0n) is 55.1. The number of aromatic hydroxyl groups is 1. The molecule has 11 aromatic rings. The van der Waals surface area contributed by atoms with Crippen molar-refractivity contribution in [2.45, 2.75) is 74.7 Å². The molecule has 0 unspecified atom stereocenters. The molecule has 0 aliphatic heterocycles. The van der Waals surface area contributed by atoms with E-state index in [9.17, 15) is 76.8 Å². The lowest BCUT2D eigenvalue weighted by molar-refractivity contribution is -0.138. The number of hydrogen-bond acceptors (Lipinski definition) is 12. The summed E-state index contributed by atoms with van der Waals surface area (Å²) in [6.07, 6.45) is -12.6. The van der Waals surface area contributed by atoms with Crippen LogP contribution >= 0.6 is 11.6 Å². The van der Waals surface area contributed by atoms with Crippen molar-refractivity contribution >= 4 is 72.2 Å². The molecule has 103 heavy (non-hydrogen) atoms. The number of phenolic OH excluding ortho intramolecular Hbond substituents is 1. The Bertz CT molecular complexity index is 5130. The minimum absolute atomic E-state index is 0.0350. The number of aromatic amines is 1. The molecule has 0 saturated carbocycles. The number of carbonyl (C=O) groups is 3. The van der Waals surface area contributed by atoms with Crippen molar-refractivity contribution in [1.82, 2.24) is 25.6 Å². The van der Waals surface area contributed by atoms with Gasteiger partial charge in [0.05, 0.1) is 58.0 Å². The van der Waals surface area contributed by atoms with Crippen LogP contribution in [0.4, 0.5) is 39.5 Å². The summed E-state index contributed by atoms with van der Waals surface area (Å²) in [7, 11) is -1.85. The number of fused-ring (bicyclic) bond motifs is 3. The number of aromatic nitrogens is 3. The van der Waals surface area contributed by atoms with E-state index < -0.39 is 79.5 Å². The fraction of sp³-hybridized carbons (Fsp3) is 0.200. The van der Waals surface area contributed by atoms with Crippen LogP contribution in [0.2, 0.25) is 5.02 Å². The predicted octanol–water partition coefficient (Wildman–Crippen LogP) is 16.5. The average Bonchev–Trinajstić information content (AvgIpc) is 0.775. The molecule has 17 nitrogen and oxygen atoms in total. The monoisotopic (exact) mass is 1460 g/mol. The van der Waals surface area contributed by atoms with Crippen LogP contribution in [0.1, 0.15) is 80.1 Å². The van der Waals surface area contributed by atoms with Crippen LogP contribution in [0.15, 0.2) is 204 Å². The van der Waals surface area contributed by atoms with Crippen LogP contribution in [0, 0.1) is 0 Å². The molecule has 0 radical (unpaired) electrons. The molecule has 6 N–H and O–H groups in total. The number of rotatable bonds is 18. The van der Waals surface area contributed by atoms with Crippen molar-refractivity contribution < 1.29 is 91.3 Å². The van der Waals surface area contributed by atoms with Crippen LogP contribution in [0.3, 0.4) is 0 Å². The van der Waals surface area contributed by atoms with Gasteiger partial charge in [-0.15, -0.1) is 0 Å². The molecule has 3 aromatic heterocycles. The number of phenols is 1. The summed E-state index contributed by atoms with van der Waals surface area (Å²) in [4.78, 5) is 59.9. The fourth-order valence-corrected chi connectivity index (χ4v) is 11.8. The van der Waals surface area contributed by atoms with Gasteiger partial charge >= 0.3 is 24.5 Å². The number of nitrogens with zero attached hydrogens (tertiary/aromatic N) is 2. The fourth-order valence-electron chi connectivity index (χ4n) is 10.8. The van der Waals surface area contributed by atoms with Crippen molar-refractivity contribution in [1.29, 1.82) is 0 Å². The van der Waals surface area contributed by atoms with Gasteiger partial charge in [-0.1, -0.05) is 90.5 Å². The van der Waals surface area contributed by atoms with Crippen LogP contribution in [-0.4, -0.2) is 101 Å². The van der Waals surface area contributed by atoms with Crippen LogP contribution < -0.4 is 20.8 Å². The number of ether oxygens (including phenoxy) is 3. The van der Waals surface area contributed by atoms with E-state index in [4.69, 9.17) is 30.9 Å². The summed E-state index contributed by atoms with van der Waals surface area (Å²) in [6.45, 7) is 6.34. The van der Waals surface area contributed by atoms with Gasteiger partial charge < -0.3 is 40.0 Å². The van der Waals surface area contributed by atoms with Gasteiger partial charge in [0.15, 0.2) is 5.43 Å². The third-order valence-electron chi connectivity index (χ3n) is 15.6. The molecule has 0 aliphatic carbocycles. The first-order valence-electron chi connectivity index (χ1n) is 31.0. The maximum absolute atomic E-state index is 13.2. The number of halogens is 10. The number of amides is 2. The molecular formula is C75H63ClF9N5O12S. The maximum atomic E-state index is 13.2. The van der Waals surface area contributed by atoms with Crippen LogP contribution in [0.5, 0.6) is 11.5 Å². The van der Waals surface area contributed by atoms with E-state index in [1.165, 1.54) is 92.0 Å². The molecule has 2 atom stereocenters. The summed E-state index contributed by atoms with van der Waals surface area (Å²) >= 11 is 6.52. The Morgan fingerprint density at radius 3 is 1.37 bits per heavy atom. The first kappa shape index (κ1) is 76.5. The van der Waals surface area contributed by atoms with E-state index in [-0.39, 0.29) is 80.1 Å². The van der Waals surface area contributed by atoms with E-state index >= 15 is 0 Å². The Balaban J connectivity index is 0.000000185. The minimum atomic E-state index is -4.86. The van der Waals surface area contributed by atoms with Crippen molar-refractivity contribution in [2.75, 3.05) is 27.4 Å². The molecule has 0 aliphatic rings. The van der Waals surface area contributed by atoms with Crippen LogP contribution in [-0.2, 0) is 51.0 Å². The normalized spacial score (nSPS) is 12.5. The Hall–Kier alpha value is -10.7. The third-order valence-corrected chi connectivity index (χ3v) is 16.8. The Kier molecular flexibility index (Phi) is 23.5. The maximum Gasteiger partial charge on any atom is 0.416 e. The number of carbonyl (C=O) groups excluding carboxylic acids is 2. The highest BCUT2D eigenvalue weighted by Gasteiger charge is 2.33. The number of methoxy groups -OCH3 is 2. The zero-order chi connectivity index (χ0) is 74.9. The lowest BCUT2D eigenvalue weighted by Gasteiger charge is -2.22. The summed E-state index contributed by atoms with van der Waals surface area (Å²) < 4.78 is 168. The standard InChI is InChI=1S/C31H30ClF3N2O3.C27H23F3N2O6S.C17H10F3NO3/c1-30(2,3)40-24-11-8-19(9-12-24)14-23(18-39-4)36-29(38)28-17-26(32)25-16-21(10-13-27(25)37-28)20-6-5-7-22(15-20)31(33,34)35;1-38-15-20(11-16-5-8-21(33)9-6-16)31-26(34)24-14-25(39(35,36)37)22-13-18(7-10-23(22)32-24)17-3-2-4-19(12-17)27(28,29)30;18-17(19,20)11-3-1-2-9(6-11)10-4-5-13-12(7-10)15(22)8-14(21-13)16(23)24/h5-13,15-17,23H,14,18H2,1-4H3,(H,36,38);2-10,12-14,20,33H,11,15H2,1H3,(H,31,34)(H,35,36,37);1-8H,(H,21,22)(H,23,24)/t23-;20-;/m00./s1. The second kappa shape index (κ2) is 31.7. The highest BCUT2D eigenvalue weighted by Crippen LogP contribution is 2.38. The topological polar surface area (TPSA) is 256 Å². The van der Waals surface area contributed by atoms with Gasteiger partial charge in [0, 0.05) is 42.0 Å².